The van der Waals surface area contributed by atoms with Crippen molar-refractivity contribution >= 4 is 17.7 Å². The van der Waals surface area contributed by atoms with Crippen LogP contribution in [-0.4, -0.2) is 65.6 Å². The van der Waals surface area contributed by atoms with Crippen LogP contribution in [0.15, 0.2) is 36.5 Å². The van der Waals surface area contributed by atoms with Gasteiger partial charge in [0.25, 0.3) is 0 Å². The molecule has 0 spiro atoms. The van der Waals surface area contributed by atoms with E-state index in [1.54, 1.807) is 37.4 Å². The van der Waals surface area contributed by atoms with Crippen LogP contribution in [0.3, 0.4) is 0 Å². The Morgan fingerprint density at radius 1 is 1.06 bits per heavy atom. The van der Waals surface area contributed by atoms with Gasteiger partial charge in [-0.15, -0.1) is 5.10 Å². The summed E-state index contributed by atoms with van der Waals surface area (Å²) in [5, 5.41) is 21.8. The Morgan fingerprint density at radius 3 is 2.22 bits per heavy atom. The minimum Gasteiger partial charge on any atom is -0.496 e. The van der Waals surface area contributed by atoms with E-state index in [9.17, 15) is 9.90 Å². The standard InChI is InChI=1S/C26H34N6O4/c1-7-16(8-2)18-15-27-26(32(3)4)29-24(18)28-20(25(33)34)14-17-12-13-19(31-30-17)23-21(35-5)10-9-11-22(23)36-6/h9-13,15-16,20H,7-8,14H2,1-6H3,(H,33,34)(H,27,28,29)/t20-/m0/s1. The number of carboxylic acids is 1. The fourth-order valence-corrected chi connectivity index (χ4v) is 4.02. The quantitative estimate of drug-likeness (QED) is 0.381. The third-order valence-electron chi connectivity index (χ3n) is 6.06. The first kappa shape index (κ1) is 26.7. The first-order chi connectivity index (χ1) is 17.3. The van der Waals surface area contributed by atoms with Crippen molar-refractivity contribution in [1.82, 2.24) is 20.2 Å². The Bertz CT molecular complexity index is 1140. The van der Waals surface area contributed by atoms with Gasteiger partial charge in [0.05, 0.1) is 25.5 Å². The number of nitrogens with zero attached hydrogens (tertiary/aromatic N) is 5. The third-order valence-corrected chi connectivity index (χ3v) is 6.06. The fraction of sp³-hybridized carbons (Fsp3) is 0.423. The molecule has 1 atom stereocenters. The van der Waals surface area contributed by atoms with Crippen LogP contribution in [0, 0.1) is 0 Å². The number of hydrogen-bond acceptors (Lipinski definition) is 9. The second-order valence-electron chi connectivity index (χ2n) is 8.57. The van der Waals surface area contributed by atoms with E-state index in [1.165, 1.54) is 0 Å². The minimum atomic E-state index is -1.01. The topological polar surface area (TPSA) is 123 Å². The maximum Gasteiger partial charge on any atom is 0.326 e. The molecule has 0 radical (unpaired) electrons. The summed E-state index contributed by atoms with van der Waals surface area (Å²) in [7, 11) is 6.85. The molecular weight excluding hydrogens is 460 g/mol. The van der Waals surface area contributed by atoms with Crippen LogP contribution in [0.4, 0.5) is 11.8 Å². The van der Waals surface area contributed by atoms with Gasteiger partial charge in [-0.25, -0.2) is 9.78 Å². The Morgan fingerprint density at radius 2 is 1.72 bits per heavy atom. The zero-order valence-electron chi connectivity index (χ0n) is 21.6. The molecule has 192 valence electrons. The molecule has 0 aliphatic rings. The average molecular weight is 495 g/mol. The number of anilines is 2. The van der Waals surface area contributed by atoms with E-state index in [-0.39, 0.29) is 12.3 Å². The summed E-state index contributed by atoms with van der Waals surface area (Å²) in [5.74, 6) is 1.46. The molecule has 0 aliphatic carbocycles. The number of carbonyl (C=O) groups is 1. The van der Waals surface area contributed by atoms with Gasteiger partial charge in [-0.1, -0.05) is 19.9 Å². The first-order valence-corrected chi connectivity index (χ1v) is 11.9. The molecule has 0 amide bonds. The van der Waals surface area contributed by atoms with Crippen molar-refractivity contribution in [2.24, 2.45) is 0 Å². The smallest absolute Gasteiger partial charge is 0.326 e. The van der Waals surface area contributed by atoms with Crippen molar-refractivity contribution in [3.63, 3.8) is 0 Å². The molecule has 0 aliphatic heterocycles. The normalized spacial score (nSPS) is 11.8. The molecule has 0 saturated carbocycles. The number of nitrogens with one attached hydrogen (secondary N) is 1. The minimum absolute atomic E-state index is 0.120. The Hall–Kier alpha value is -3.95. The largest absolute Gasteiger partial charge is 0.496 e. The number of methoxy groups -OCH3 is 2. The average Bonchev–Trinajstić information content (AvgIpc) is 2.89. The molecule has 10 heteroatoms. The number of hydrogen-bond donors (Lipinski definition) is 2. The Balaban J connectivity index is 1.90. The lowest BCUT2D eigenvalue weighted by molar-refractivity contribution is -0.137. The predicted octanol–water partition coefficient (Wildman–Crippen LogP) is 4.03. The Labute approximate surface area is 211 Å². The highest BCUT2D eigenvalue weighted by atomic mass is 16.5. The molecule has 3 aromatic rings. The maximum atomic E-state index is 12.2. The number of rotatable bonds is 12. The van der Waals surface area contributed by atoms with Gasteiger partial charge in [-0.2, -0.15) is 10.1 Å². The lowest BCUT2D eigenvalue weighted by Gasteiger charge is -2.22. The van der Waals surface area contributed by atoms with Gasteiger partial charge in [0.15, 0.2) is 0 Å². The second kappa shape index (κ2) is 12.1. The van der Waals surface area contributed by atoms with Crippen molar-refractivity contribution in [3.8, 4) is 22.8 Å². The molecule has 0 fully saturated rings. The van der Waals surface area contributed by atoms with Crippen LogP contribution in [0.5, 0.6) is 11.5 Å². The first-order valence-electron chi connectivity index (χ1n) is 11.9. The molecule has 36 heavy (non-hydrogen) atoms. The number of aliphatic carboxylic acids is 1. The number of aromatic nitrogens is 4. The van der Waals surface area contributed by atoms with Gasteiger partial charge in [0, 0.05) is 32.3 Å². The SMILES string of the molecule is CCC(CC)c1cnc(N(C)C)nc1N[C@@H](Cc1ccc(-c2c(OC)cccc2OC)nn1)C(=O)O. The van der Waals surface area contributed by atoms with E-state index in [2.05, 4.69) is 39.3 Å². The predicted molar refractivity (Wildman–Crippen MR) is 139 cm³/mol. The van der Waals surface area contributed by atoms with Crippen LogP contribution in [0.2, 0.25) is 0 Å². The summed E-state index contributed by atoms with van der Waals surface area (Å²) in [6, 6.07) is 8.06. The highest BCUT2D eigenvalue weighted by Gasteiger charge is 2.24. The number of ether oxygens (including phenoxy) is 2. The Kier molecular flexibility index (Phi) is 8.99. The van der Waals surface area contributed by atoms with Gasteiger partial charge < -0.3 is 24.8 Å². The van der Waals surface area contributed by atoms with Gasteiger partial charge in [-0.3, -0.25) is 0 Å². The van der Waals surface area contributed by atoms with Crippen molar-refractivity contribution < 1.29 is 19.4 Å². The lowest BCUT2D eigenvalue weighted by atomic mass is 9.95. The van der Waals surface area contributed by atoms with E-state index < -0.39 is 12.0 Å². The van der Waals surface area contributed by atoms with Crippen LogP contribution in [0.1, 0.15) is 43.9 Å². The van der Waals surface area contributed by atoms with E-state index in [4.69, 9.17) is 9.47 Å². The highest BCUT2D eigenvalue weighted by Crippen LogP contribution is 2.37. The molecule has 0 saturated heterocycles. The fourth-order valence-electron chi connectivity index (χ4n) is 4.02. The van der Waals surface area contributed by atoms with Crippen LogP contribution >= 0.6 is 0 Å². The molecule has 10 nitrogen and oxygen atoms in total. The van der Waals surface area contributed by atoms with Gasteiger partial charge >= 0.3 is 5.97 Å². The molecule has 2 heterocycles. The van der Waals surface area contributed by atoms with Crippen molar-refractivity contribution in [3.05, 3.63) is 47.8 Å². The molecule has 3 rings (SSSR count). The maximum absolute atomic E-state index is 12.2. The lowest BCUT2D eigenvalue weighted by Crippen LogP contribution is -2.33. The highest BCUT2D eigenvalue weighted by molar-refractivity contribution is 5.78. The van der Waals surface area contributed by atoms with Crippen LogP contribution in [-0.2, 0) is 11.2 Å². The number of carboxylic acid groups (broad SMARTS) is 1. The van der Waals surface area contributed by atoms with Crippen molar-refractivity contribution in [1.29, 1.82) is 0 Å². The molecule has 1 aromatic carbocycles. The van der Waals surface area contributed by atoms with Crippen LogP contribution in [0.25, 0.3) is 11.3 Å². The molecule has 2 N–H and O–H groups in total. The van der Waals surface area contributed by atoms with E-state index >= 15 is 0 Å². The molecule has 2 aromatic heterocycles. The molecule has 0 bridgehead atoms. The molecule has 0 unspecified atom stereocenters. The number of benzene rings is 1. The summed E-state index contributed by atoms with van der Waals surface area (Å²) in [4.78, 5) is 23.1. The summed E-state index contributed by atoms with van der Waals surface area (Å²) in [6.07, 6.45) is 3.70. The van der Waals surface area contributed by atoms with E-state index in [1.807, 2.05) is 32.3 Å². The summed E-state index contributed by atoms with van der Waals surface area (Å²) >= 11 is 0. The summed E-state index contributed by atoms with van der Waals surface area (Å²) < 4.78 is 10.9. The van der Waals surface area contributed by atoms with Gasteiger partial charge in [0.2, 0.25) is 5.95 Å². The second-order valence-corrected chi connectivity index (χ2v) is 8.57. The van der Waals surface area contributed by atoms with E-state index in [0.29, 0.717) is 40.2 Å². The zero-order valence-corrected chi connectivity index (χ0v) is 21.6. The van der Waals surface area contributed by atoms with Crippen molar-refractivity contribution in [2.45, 2.75) is 45.1 Å². The van der Waals surface area contributed by atoms with Crippen LogP contribution < -0.4 is 19.7 Å². The van der Waals surface area contributed by atoms with Gasteiger partial charge in [0.1, 0.15) is 29.1 Å². The summed E-state index contributed by atoms with van der Waals surface area (Å²) in [6.45, 7) is 4.20. The van der Waals surface area contributed by atoms with Crippen molar-refractivity contribution in [2.75, 3.05) is 38.5 Å². The molecular formula is C26H34N6O4. The monoisotopic (exact) mass is 494 g/mol. The third kappa shape index (κ3) is 5.99. The van der Waals surface area contributed by atoms with Gasteiger partial charge in [-0.05, 0) is 43.0 Å². The van der Waals surface area contributed by atoms with E-state index in [0.717, 1.165) is 18.4 Å². The summed E-state index contributed by atoms with van der Waals surface area (Å²) in [5.41, 5.74) is 2.68. The zero-order chi connectivity index (χ0) is 26.2.